The Kier molecular flexibility index (Phi) is 5.09. The third-order valence-electron chi connectivity index (χ3n) is 5.24. The van der Waals surface area contributed by atoms with E-state index in [1.165, 1.54) is 13.8 Å². The first-order valence-electron chi connectivity index (χ1n) is 7.70. The van der Waals surface area contributed by atoms with E-state index in [-0.39, 0.29) is 12.8 Å². The number of hydrogen-bond acceptors (Lipinski definition) is 2. The molecule has 0 radical (unpaired) electrons. The lowest BCUT2D eigenvalue weighted by molar-refractivity contribution is -0.463. The van der Waals surface area contributed by atoms with Crippen LogP contribution in [0.1, 0.15) is 54.4 Å². The van der Waals surface area contributed by atoms with Crippen molar-refractivity contribution in [2.45, 2.75) is 84.2 Å². The zero-order valence-corrected chi connectivity index (χ0v) is 14.8. The van der Waals surface area contributed by atoms with Crippen molar-refractivity contribution < 1.29 is 44.6 Å². The van der Waals surface area contributed by atoms with Crippen molar-refractivity contribution in [3.05, 3.63) is 0 Å². The van der Waals surface area contributed by atoms with Crippen molar-refractivity contribution in [3.63, 3.8) is 0 Å². The van der Waals surface area contributed by atoms with Gasteiger partial charge < -0.3 is 0 Å². The van der Waals surface area contributed by atoms with Crippen LogP contribution in [0.15, 0.2) is 0 Å². The molecule has 0 bridgehead atoms. The monoisotopic (exact) mass is 386 g/mol. The molecule has 1 aliphatic heterocycles. The lowest BCUT2D eigenvalue weighted by atomic mass is 9.68. The second-order valence-electron chi connectivity index (χ2n) is 7.48. The number of alkyl halides is 8. The van der Waals surface area contributed by atoms with Crippen molar-refractivity contribution in [3.8, 4) is 0 Å². The van der Waals surface area contributed by atoms with Gasteiger partial charge in [0.05, 0.1) is 0 Å². The molecular weight excluding hydrogens is 364 g/mol. The highest BCUT2D eigenvalue weighted by Gasteiger charge is 2.89. The molecule has 2 nitrogen and oxygen atoms in total. The van der Waals surface area contributed by atoms with E-state index < -0.39 is 40.7 Å². The zero-order valence-electron chi connectivity index (χ0n) is 14.8. The Morgan fingerprint density at radius 3 is 1.04 bits per heavy atom. The molecule has 2 unspecified atom stereocenters. The first-order valence-corrected chi connectivity index (χ1v) is 7.70. The molecule has 0 aliphatic carbocycles. The van der Waals surface area contributed by atoms with E-state index >= 15 is 8.78 Å². The number of rotatable bonds is 4. The molecule has 0 amide bonds. The Morgan fingerprint density at radius 2 is 0.880 bits per heavy atom. The summed E-state index contributed by atoms with van der Waals surface area (Å²) in [4.78, 5) is 0. The second kappa shape index (κ2) is 5.68. The van der Waals surface area contributed by atoms with Gasteiger partial charge in [-0.25, -0.2) is 8.78 Å². The Hall–Kier alpha value is -0.640. The molecule has 1 rings (SSSR count). The quantitative estimate of drug-likeness (QED) is 0.547. The summed E-state index contributed by atoms with van der Waals surface area (Å²) >= 11 is 0. The summed E-state index contributed by atoms with van der Waals surface area (Å²) in [6, 6.07) is 0. The lowest BCUT2D eigenvalue weighted by Gasteiger charge is -2.47. The third kappa shape index (κ3) is 2.74. The molecule has 0 aromatic heterocycles. The largest absolute Gasteiger partial charge is 0.453 e. The summed E-state index contributed by atoms with van der Waals surface area (Å²) in [7, 11) is 0. The fourth-order valence-corrected chi connectivity index (χ4v) is 2.54. The van der Waals surface area contributed by atoms with Gasteiger partial charge in [-0.3, -0.25) is 9.47 Å². The Balaban J connectivity index is 3.84. The van der Waals surface area contributed by atoms with Crippen molar-refractivity contribution >= 4 is 0 Å². The van der Waals surface area contributed by atoms with Gasteiger partial charge in [-0.2, -0.15) is 26.3 Å². The maximum absolute atomic E-state index is 15.7. The van der Waals surface area contributed by atoms with Crippen LogP contribution in [0.25, 0.3) is 0 Å². The zero-order chi connectivity index (χ0) is 20.3. The van der Waals surface area contributed by atoms with Gasteiger partial charge in [0.1, 0.15) is 0 Å². The molecule has 1 aliphatic rings. The van der Waals surface area contributed by atoms with Crippen LogP contribution in [0, 0.1) is 10.8 Å². The van der Waals surface area contributed by atoms with Crippen LogP contribution >= 0.6 is 0 Å². The van der Waals surface area contributed by atoms with Gasteiger partial charge in [0.2, 0.25) is 0 Å². The van der Waals surface area contributed by atoms with Gasteiger partial charge in [-0.15, -0.1) is 0 Å². The summed E-state index contributed by atoms with van der Waals surface area (Å²) in [6.45, 7) is 6.54. The van der Waals surface area contributed by atoms with Crippen molar-refractivity contribution in [2.75, 3.05) is 0 Å². The van der Waals surface area contributed by atoms with E-state index in [0.717, 1.165) is 27.7 Å². The van der Waals surface area contributed by atoms with E-state index in [2.05, 4.69) is 9.47 Å². The molecule has 2 atom stereocenters. The minimum absolute atomic E-state index is 0.301. The Bertz CT molecular complexity index is 465. The SMILES string of the molecule is CCC(C)(C)C1(F)OC(C(F)(F)F)(C(F)(F)F)OC1(F)C(C)(C)CC. The van der Waals surface area contributed by atoms with Crippen LogP contribution in [0.5, 0.6) is 0 Å². The summed E-state index contributed by atoms with van der Waals surface area (Å²) < 4.78 is 119. The summed E-state index contributed by atoms with van der Waals surface area (Å²) in [5.41, 5.74) is -4.10. The third-order valence-corrected chi connectivity index (χ3v) is 5.24. The molecule has 0 aromatic rings. The van der Waals surface area contributed by atoms with Crippen molar-refractivity contribution in [2.24, 2.45) is 10.8 Å². The average Bonchev–Trinajstić information content (AvgIpc) is 2.71. The molecule has 25 heavy (non-hydrogen) atoms. The predicted molar refractivity (Wildman–Crippen MR) is 72.8 cm³/mol. The summed E-state index contributed by atoms with van der Waals surface area (Å²) in [5, 5.41) is 0. The first kappa shape index (κ1) is 22.4. The Labute approximate surface area is 140 Å². The van der Waals surface area contributed by atoms with Crippen LogP contribution in [-0.4, -0.2) is 29.8 Å². The maximum Gasteiger partial charge on any atom is 0.453 e. The lowest BCUT2D eigenvalue weighted by Crippen LogP contribution is -2.61. The molecule has 1 saturated heterocycles. The number of hydrogen-bond donors (Lipinski definition) is 0. The van der Waals surface area contributed by atoms with Gasteiger partial charge in [0.25, 0.3) is 11.7 Å². The smallest absolute Gasteiger partial charge is 0.292 e. The number of ether oxygens (including phenoxy) is 2. The van der Waals surface area contributed by atoms with Crippen LogP contribution in [0.3, 0.4) is 0 Å². The number of halogens is 8. The predicted octanol–water partition coefficient (Wildman–Crippen LogP) is 6.06. The highest BCUT2D eigenvalue weighted by atomic mass is 19.4. The van der Waals surface area contributed by atoms with E-state index in [1.807, 2.05) is 0 Å². The highest BCUT2D eigenvalue weighted by Crippen LogP contribution is 2.67. The molecule has 150 valence electrons. The molecule has 0 N–H and O–H groups in total. The molecular formula is C15H22F8O2. The van der Waals surface area contributed by atoms with Gasteiger partial charge >= 0.3 is 18.1 Å². The van der Waals surface area contributed by atoms with Gasteiger partial charge in [-0.1, -0.05) is 41.5 Å². The summed E-state index contributed by atoms with van der Waals surface area (Å²) in [5.74, 6) is -13.4. The standard InChI is InChI=1S/C15H22F8O2/c1-7-9(3,4)11(16)12(17,10(5,6)8-2)25-13(24-11,14(18,19)20)15(21,22)23/h7-8H2,1-6H3. The fraction of sp³-hybridized carbons (Fsp3) is 1.00. The van der Waals surface area contributed by atoms with Crippen LogP contribution in [-0.2, 0) is 9.47 Å². The fourth-order valence-electron chi connectivity index (χ4n) is 2.54. The van der Waals surface area contributed by atoms with Crippen LogP contribution < -0.4 is 0 Å². The first-order chi connectivity index (χ1) is 10.8. The topological polar surface area (TPSA) is 18.5 Å². The van der Waals surface area contributed by atoms with Crippen LogP contribution in [0.4, 0.5) is 35.1 Å². The molecule has 10 heteroatoms. The molecule has 0 aromatic carbocycles. The van der Waals surface area contributed by atoms with Gasteiger partial charge in [0.15, 0.2) is 0 Å². The minimum Gasteiger partial charge on any atom is -0.292 e. The molecule has 0 spiro atoms. The van der Waals surface area contributed by atoms with Gasteiger partial charge in [0, 0.05) is 10.8 Å². The van der Waals surface area contributed by atoms with Gasteiger partial charge in [-0.05, 0) is 12.8 Å². The highest BCUT2D eigenvalue weighted by molar-refractivity contribution is 5.12. The molecule has 1 fully saturated rings. The Morgan fingerprint density at radius 1 is 0.640 bits per heavy atom. The normalized spacial score (nSPS) is 31.4. The molecule has 1 heterocycles. The average molecular weight is 386 g/mol. The van der Waals surface area contributed by atoms with E-state index in [0.29, 0.717) is 0 Å². The second-order valence-corrected chi connectivity index (χ2v) is 7.48. The van der Waals surface area contributed by atoms with Crippen LogP contribution in [0.2, 0.25) is 0 Å². The molecule has 0 saturated carbocycles. The van der Waals surface area contributed by atoms with E-state index in [9.17, 15) is 26.3 Å². The van der Waals surface area contributed by atoms with E-state index in [4.69, 9.17) is 0 Å². The van der Waals surface area contributed by atoms with E-state index in [1.54, 1.807) is 0 Å². The van der Waals surface area contributed by atoms with Crippen molar-refractivity contribution in [1.29, 1.82) is 0 Å². The minimum atomic E-state index is -6.25. The van der Waals surface area contributed by atoms with Crippen molar-refractivity contribution in [1.82, 2.24) is 0 Å². The maximum atomic E-state index is 15.7. The summed E-state index contributed by atoms with van der Waals surface area (Å²) in [6.07, 6.45) is -13.1.